The number of amides is 1. The summed E-state index contributed by atoms with van der Waals surface area (Å²) in [6.07, 6.45) is 4.69. The maximum absolute atomic E-state index is 12.9. The van der Waals surface area contributed by atoms with Gasteiger partial charge >= 0.3 is 0 Å². The molecule has 0 radical (unpaired) electrons. The molecule has 1 heterocycles. The van der Waals surface area contributed by atoms with E-state index in [1.54, 1.807) is 6.26 Å². The number of rotatable bonds is 6. The Kier molecular flexibility index (Phi) is 8.81. The fraction of sp³-hybridized carbons (Fsp3) is 0.588. The molecule has 1 aliphatic heterocycles. The lowest BCUT2D eigenvalue weighted by molar-refractivity contribution is 0.0642. The molecule has 0 aromatic heterocycles. The van der Waals surface area contributed by atoms with Crippen LogP contribution in [0.1, 0.15) is 42.1 Å². The Morgan fingerprint density at radius 2 is 2.04 bits per heavy atom. The largest absolute Gasteiger partial charge is 0.336 e. The molecule has 1 fully saturated rings. The second-order valence-electron chi connectivity index (χ2n) is 5.90. The van der Waals surface area contributed by atoms with Crippen LogP contribution in [-0.4, -0.2) is 46.9 Å². The monoisotopic (exact) mass is 358 g/mol. The van der Waals surface area contributed by atoms with Crippen LogP contribution < -0.4 is 5.32 Å². The first kappa shape index (κ1) is 20.1. The third kappa shape index (κ3) is 5.90. The molecule has 6 heteroatoms. The van der Waals surface area contributed by atoms with Crippen molar-refractivity contribution in [3.05, 3.63) is 35.4 Å². The van der Waals surface area contributed by atoms with Crippen LogP contribution in [0.5, 0.6) is 0 Å². The minimum absolute atomic E-state index is 0. The molecule has 0 saturated carbocycles. The van der Waals surface area contributed by atoms with Crippen molar-refractivity contribution in [1.29, 1.82) is 0 Å². The van der Waals surface area contributed by atoms with Crippen molar-refractivity contribution in [3.63, 3.8) is 0 Å². The van der Waals surface area contributed by atoms with E-state index in [1.807, 2.05) is 29.2 Å². The summed E-state index contributed by atoms with van der Waals surface area (Å²) in [6, 6.07) is 7.92. The summed E-state index contributed by atoms with van der Waals surface area (Å²) < 4.78 is 11.4. The second kappa shape index (κ2) is 10.1. The van der Waals surface area contributed by atoms with Crippen molar-refractivity contribution in [1.82, 2.24) is 10.2 Å². The molecule has 2 rings (SSSR count). The Balaban J connectivity index is 0.00000264. The summed E-state index contributed by atoms with van der Waals surface area (Å²) in [6.45, 7) is 4.87. The number of benzene rings is 1. The van der Waals surface area contributed by atoms with E-state index in [1.165, 1.54) is 0 Å². The zero-order valence-electron chi connectivity index (χ0n) is 13.9. The van der Waals surface area contributed by atoms with Gasteiger partial charge in [-0.1, -0.05) is 19.1 Å². The topological polar surface area (TPSA) is 49.4 Å². The Labute approximate surface area is 147 Å². The number of piperidine rings is 1. The van der Waals surface area contributed by atoms with Gasteiger partial charge in [0.05, 0.1) is 0 Å². The zero-order chi connectivity index (χ0) is 15.9. The summed E-state index contributed by atoms with van der Waals surface area (Å²) >= 11 is 0. The van der Waals surface area contributed by atoms with Gasteiger partial charge in [-0.3, -0.25) is 9.00 Å². The van der Waals surface area contributed by atoms with E-state index in [-0.39, 0.29) is 18.3 Å². The average Bonchev–Trinajstić information content (AvgIpc) is 2.52. The van der Waals surface area contributed by atoms with E-state index in [0.717, 1.165) is 50.0 Å². The van der Waals surface area contributed by atoms with Gasteiger partial charge in [0.1, 0.15) is 0 Å². The standard InChI is InChI=1S/C17H26N2O2S.ClH/c1-3-11-19(16-7-9-18-10-8-16)17(20)15-6-4-5-14(12-15)13-22(2)21;/h4-6,12,16,18H,3,7-11,13H2,1-2H3;1H. The molecule has 130 valence electrons. The Hall–Kier alpha value is -0.910. The molecule has 1 amide bonds. The number of hydrogen-bond acceptors (Lipinski definition) is 3. The molecule has 0 spiro atoms. The Morgan fingerprint density at radius 1 is 1.35 bits per heavy atom. The van der Waals surface area contributed by atoms with Crippen molar-refractivity contribution in [2.24, 2.45) is 0 Å². The summed E-state index contributed by atoms with van der Waals surface area (Å²) in [5.41, 5.74) is 1.68. The molecule has 1 aromatic rings. The van der Waals surface area contributed by atoms with Crippen LogP contribution in [0.15, 0.2) is 24.3 Å². The van der Waals surface area contributed by atoms with E-state index in [2.05, 4.69) is 12.2 Å². The van der Waals surface area contributed by atoms with Gasteiger partial charge in [0, 0.05) is 41.0 Å². The molecule has 0 bridgehead atoms. The smallest absolute Gasteiger partial charge is 0.254 e. The number of hydrogen-bond donors (Lipinski definition) is 1. The third-order valence-corrected chi connectivity index (χ3v) is 4.76. The Morgan fingerprint density at radius 3 is 2.65 bits per heavy atom. The van der Waals surface area contributed by atoms with E-state index in [4.69, 9.17) is 0 Å². The molecule has 0 aliphatic carbocycles. The van der Waals surface area contributed by atoms with Crippen LogP contribution in [0.4, 0.5) is 0 Å². The van der Waals surface area contributed by atoms with Gasteiger partial charge in [-0.15, -0.1) is 12.4 Å². The minimum Gasteiger partial charge on any atom is -0.336 e. The number of nitrogens with zero attached hydrogens (tertiary/aromatic N) is 1. The van der Waals surface area contributed by atoms with Crippen molar-refractivity contribution in [3.8, 4) is 0 Å². The van der Waals surface area contributed by atoms with Crippen molar-refractivity contribution < 1.29 is 9.00 Å². The summed E-state index contributed by atoms with van der Waals surface area (Å²) in [7, 11) is -0.890. The van der Waals surface area contributed by atoms with E-state index < -0.39 is 10.8 Å². The fourth-order valence-electron chi connectivity index (χ4n) is 3.00. The van der Waals surface area contributed by atoms with Gasteiger partial charge in [-0.2, -0.15) is 0 Å². The molecule has 1 atom stereocenters. The van der Waals surface area contributed by atoms with Gasteiger partial charge in [0.15, 0.2) is 0 Å². The Bertz CT molecular complexity index is 533. The van der Waals surface area contributed by atoms with Gasteiger partial charge in [-0.05, 0) is 50.0 Å². The quantitative estimate of drug-likeness (QED) is 0.850. The number of carbonyl (C=O) groups excluding carboxylic acids is 1. The molecule has 4 nitrogen and oxygen atoms in total. The molecule has 1 unspecified atom stereocenters. The first-order valence-electron chi connectivity index (χ1n) is 8.02. The summed E-state index contributed by atoms with van der Waals surface area (Å²) in [5, 5.41) is 3.35. The van der Waals surface area contributed by atoms with Gasteiger partial charge < -0.3 is 10.2 Å². The number of nitrogens with one attached hydrogen (secondary N) is 1. The van der Waals surface area contributed by atoms with E-state index in [9.17, 15) is 9.00 Å². The summed E-state index contributed by atoms with van der Waals surface area (Å²) in [5.74, 6) is 0.611. The van der Waals surface area contributed by atoms with Crippen molar-refractivity contribution in [2.75, 3.05) is 25.9 Å². The molecule has 1 aromatic carbocycles. The predicted molar refractivity (Wildman–Crippen MR) is 98.7 cm³/mol. The lowest BCUT2D eigenvalue weighted by Crippen LogP contribution is -2.46. The fourth-order valence-corrected chi connectivity index (χ4v) is 3.65. The van der Waals surface area contributed by atoms with Crippen molar-refractivity contribution in [2.45, 2.75) is 38.0 Å². The van der Waals surface area contributed by atoms with Crippen molar-refractivity contribution >= 4 is 29.1 Å². The highest BCUT2D eigenvalue weighted by molar-refractivity contribution is 7.83. The maximum atomic E-state index is 12.9. The number of halogens is 1. The highest BCUT2D eigenvalue weighted by atomic mass is 35.5. The highest BCUT2D eigenvalue weighted by Gasteiger charge is 2.25. The lowest BCUT2D eigenvalue weighted by Gasteiger charge is -2.34. The van der Waals surface area contributed by atoms with Gasteiger partial charge in [-0.25, -0.2) is 0 Å². The van der Waals surface area contributed by atoms with Crippen LogP contribution in [0.3, 0.4) is 0 Å². The molecular weight excluding hydrogens is 332 g/mol. The minimum atomic E-state index is -0.890. The molecule has 1 N–H and O–H groups in total. The van der Waals surface area contributed by atoms with Crippen LogP contribution in [0, 0.1) is 0 Å². The summed E-state index contributed by atoms with van der Waals surface area (Å²) in [4.78, 5) is 14.9. The first-order valence-corrected chi connectivity index (χ1v) is 9.75. The molecule has 1 aliphatic rings. The van der Waals surface area contributed by atoms with Crippen LogP contribution >= 0.6 is 12.4 Å². The first-order chi connectivity index (χ1) is 10.6. The molecule has 23 heavy (non-hydrogen) atoms. The van der Waals surface area contributed by atoms with Gasteiger partial charge in [0.2, 0.25) is 0 Å². The van der Waals surface area contributed by atoms with Crippen LogP contribution in [0.25, 0.3) is 0 Å². The lowest BCUT2D eigenvalue weighted by atomic mass is 10.0. The third-order valence-electron chi connectivity index (χ3n) is 4.02. The van der Waals surface area contributed by atoms with E-state index in [0.29, 0.717) is 11.8 Å². The second-order valence-corrected chi connectivity index (χ2v) is 7.33. The SMILES string of the molecule is CCCN(C(=O)c1cccc(CS(C)=O)c1)C1CCNCC1.Cl. The predicted octanol–water partition coefficient (Wildman–Crippen LogP) is 2.59. The normalized spacial score (nSPS) is 16.4. The van der Waals surface area contributed by atoms with Crippen LogP contribution in [0.2, 0.25) is 0 Å². The van der Waals surface area contributed by atoms with Crippen LogP contribution in [-0.2, 0) is 16.6 Å². The van der Waals surface area contributed by atoms with Gasteiger partial charge in [0.25, 0.3) is 5.91 Å². The van der Waals surface area contributed by atoms with E-state index >= 15 is 0 Å². The molecule has 1 saturated heterocycles. The average molecular weight is 359 g/mol. The number of carbonyl (C=O) groups is 1. The highest BCUT2D eigenvalue weighted by Crippen LogP contribution is 2.17. The molecular formula is C17H27ClN2O2S. The maximum Gasteiger partial charge on any atom is 0.254 e. The zero-order valence-corrected chi connectivity index (χ0v) is 15.5.